The van der Waals surface area contributed by atoms with Gasteiger partial charge in [-0.2, -0.15) is 4.72 Å². The van der Waals surface area contributed by atoms with Crippen molar-refractivity contribution in [3.63, 3.8) is 0 Å². The Morgan fingerprint density at radius 1 is 0.974 bits per heavy atom. The molecule has 2 N–H and O–H groups in total. The number of nitrogens with one attached hydrogen (secondary N) is 2. The molecule has 3 aromatic rings. The Morgan fingerprint density at radius 3 is 2.21 bits per heavy atom. The average molecular weight is 568 g/mol. The van der Waals surface area contributed by atoms with Crippen LogP contribution in [-0.4, -0.2) is 50.9 Å². The molecule has 6 nitrogen and oxygen atoms in total. The molecule has 0 heterocycles. The third-order valence-electron chi connectivity index (χ3n) is 7.92. The summed E-state index contributed by atoms with van der Waals surface area (Å²) >= 11 is 6.48. The lowest BCUT2D eigenvalue weighted by molar-refractivity contribution is -0.123. The summed E-state index contributed by atoms with van der Waals surface area (Å²) in [6.07, 6.45) is 4.50. The van der Waals surface area contributed by atoms with Gasteiger partial charge >= 0.3 is 0 Å². The van der Waals surface area contributed by atoms with Crippen LogP contribution in [0.5, 0.6) is 0 Å². The first-order valence-electron chi connectivity index (χ1n) is 13.4. The SMILES string of the molecule is Cc1ccc(S(=O)(=O)NC(Cc2ccccc2)C(=O)NC2CCC(Cc3ccccc3Cl)(N(C)C)CC2)cc1. The summed E-state index contributed by atoms with van der Waals surface area (Å²) in [4.78, 5) is 16.0. The Kier molecular flexibility index (Phi) is 9.49. The van der Waals surface area contributed by atoms with Gasteiger partial charge in [0.25, 0.3) is 0 Å². The van der Waals surface area contributed by atoms with Crippen molar-refractivity contribution >= 4 is 27.5 Å². The molecule has 1 amide bonds. The van der Waals surface area contributed by atoms with E-state index in [9.17, 15) is 13.2 Å². The minimum Gasteiger partial charge on any atom is -0.352 e. The van der Waals surface area contributed by atoms with Crippen LogP contribution in [0, 0.1) is 6.92 Å². The molecule has 1 saturated carbocycles. The topological polar surface area (TPSA) is 78.5 Å². The Labute approximate surface area is 237 Å². The highest BCUT2D eigenvalue weighted by molar-refractivity contribution is 7.89. The molecule has 0 saturated heterocycles. The van der Waals surface area contributed by atoms with Crippen molar-refractivity contribution < 1.29 is 13.2 Å². The molecule has 1 aliphatic carbocycles. The lowest BCUT2D eigenvalue weighted by Gasteiger charge is -2.45. The Bertz CT molecular complexity index is 1350. The van der Waals surface area contributed by atoms with E-state index in [0.717, 1.165) is 53.8 Å². The van der Waals surface area contributed by atoms with Crippen LogP contribution in [0.2, 0.25) is 5.02 Å². The van der Waals surface area contributed by atoms with Gasteiger partial charge in [0, 0.05) is 16.6 Å². The molecule has 8 heteroatoms. The molecule has 0 aliphatic heterocycles. The van der Waals surface area contributed by atoms with Crippen molar-refractivity contribution in [3.05, 3.63) is 101 Å². The van der Waals surface area contributed by atoms with Gasteiger partial charge in [-0.25, -0.2) is 8.42 Å². The van der Waals surface area contributed by atoms with E-state index in [2.05, 4.69) is 35.1 Å². The monoisotopic (exact) mass is 567 g/mol. The summed E-state index contributed by atoms with van der Waals surface area (Å²) in [5.74, 6) is -0.303. The van der Waals surface area contributed by atoms with Crippen molar-refractivity contribution in [1.82, 2.24) is 14.9 Å². The average Bonchev–Trinajstić information content (AvgIpc) is 2.91. The van der Waals surface area contributed by atoms with Crippen LogP contribution in [-0.2, 0) is 27.7 Å². The first kappa shape index (κ1) is 29.3. The van der Waals surface area contributed by atoms with Crippen LogP contribution in [0.25, 0.3) is 0 Å². The molecule has 1 fully saturated rings. The summed E-state index contributed by atoms with van der Waals surface area (Å²) in [5.41, 5.74) is 2.93. The zero-order valence-corrected chi connectivity index (χ0v) is 24.4. The number of rotatable bonds is 10. The number of sulfonamides is 1. The molecule has 208 valence electrons. The number of aryl methyl sites for hydroxylation is 1. The highest BCUT2D eigenvalue weighted by Crippen LogP contribution is 2.37. The maximum atomic E-state index is 13.5. The predicted octanol–water partition coefficient (Wildman–Crippen LogP) is 5.14. The number of benzene rings is 3. The van der Waals surface area contributed by atoms with Crippen molar-refractivity contribution in [2.45, 2.75) is 68.0 Å². The van der Waals surface area contributed by atoms with Crippen LogP contribution in [0.15, 0.2) is 83.8 Å². The number of nitrogens with zero attached hydrogens (tertiary/aromatic N) is 1. The van der Waals surface area contributed by atoms with Gasteiger partial charge in [-0.1, -0.05) is 77.8 Å². The van der Waals surface area contributed by atoms with Gasteiger partial charge < -0.3 is 10.2 Å². The lowest BCUT2D eigenvalue weighted by atomic mass is 9.74. The quantitative estimate of drug-likeness (QED) is 0.355. The van der Waals surface area contributed by atoms with Crippen LogP contribution < -0.4 is 10.0 Å². The second kappa shape index (κ2) is 12.6. The molecule has 4 rings (SSSR count). The summed E-state index contributed by atoms with van der Waals surface area (Å²) in [6, 6.07) is 23.1. The van der Waals surface area contributed by atoms with E-state index in [1.807, 2.05) is 55.5 Å². The molecule has 1 atom stereocenters. The summed E-state index contributed by atoms with van der Waals surface area (Å²) in [5, 5.41) is 3.94. The van der Waals surface area contributed by atoms with E-state index in [1.54, 1.807) is 24.3 Å². The van der Waals surface area contributed by atoms with Crippen LogP contribution in [0.4, 0.5) is 0 Å². The number of amides is 1. The fourth-order valence-corrected chi connectivity index (χ4v) is 6.79. The first-order valence-corrected chi connectivity index (χ1v) is 15.3. The molecule has 0 bridgehead atoms. The predicted molar refractivity (Wildman–Crippen MR) is 157 cm³/mol. The summed E-state index contributed by atoms with van der Waals surface area (Å²) < 4.78 is 29.1. The number of hydrogen-bond donors (Lipinski definition) is 2. The summed E-state index contributed by atoms with van der Waals surface area (Å²) in [7, 11) is 0.325. The maximum Gasteiger partial charge on any atom is 0.241 e. The van der Waals surface area contributed by atoms with Crippen LogP contribution in [0.3, 0.4) is 0 Å². The molecule has 1 aliphatic rings. The molecule has 3 aromatic carbocycles. The van der Waals surface area contributed by atoms with E-state index in [-0.39, 0.29) is 28.8 Å². The second-order valence-electron chi connectivity index (χ2n) is 10.8. The normalized spacial score (nSPS) is 20.5. The van der Waals surface area contributed by atoms with Gasteiger partial charge in [-0.05, 0) is 88.9 Å². The zero-order valence-electron chi connectivity index (χ0n) is 22.9. The van der Waals surface area contributed by atoms with Gasteiger partial charge in [0.15, 0.2) is 0 Å². The molecule has 0 aromatic heterocycles. The molecule has 1 unspecified atom stereocenters. The Morgan fingerprint density at radius 2 is 1.59 bits per heavy atom. The van der Waals surface area contributed by atoms with Crippen molar-refractivity contribution in [2.24, 2.45) is 0 Å². The van der Waals surface area contributed by atoms with Gasteiger partial charge in [-0.3, -0.25) is 4.79 Å². The Balaban J connectivity index is 1.46. The van der Waals surface area contributed by atoms with E-state index in [1.165, 1.54) is 0 Å². The maximum absolute atomic E-state index is 13.5. The van der Waals surface area contributed by atoms with Crippen molar-refractivity contribution in [3.8, 4) is 0 Å². The minimum absolute atomic E-state index is 0.0287. The molecular formula is C31H38ClN3O3S. The third-order valence-corrected chi connectivity index (χ3v) is 9.77. The smallest absolute Gasteiger partial charge is 0.241 e. The number of hydrogen-bond acceptors (Lipinski definition) is 4. The van der Waals surface area contributed by atoms with Gasteiger partial charge in [0.2, 0.25) is 15.9 Å². The van der Waals surface area contributed by atoms with Gasteiger partial charge in [-0.15, -0.1) is 0 Å². The van der Waals surface area contributed by atoms with E-state index in [4.69, 9.17) is 11.6 Å². The highest BCUT2D eigenvalue weighted by Gasteiger charge is 2.39. The Hall–Kier alpha value is -2.71. The van der Waals surface area contributed by atoms with Crippen LogP contribution >= 0.6 is 11.6 Å². The van der Waals surface area contributed by atoms with E-state index < -0.39 is 16.1 Å². The van der Waals surface area contributed by atoms with E-state index in [0.29, 0.717) is 0 Å². The molecule has 0 radical (unpaired) electrons. The van der Waals surface area contributed by atoms with Gasteiger partial charge in [0.05, 0.1) is 4.90 Å². The molecule has 39 heavy (non-hydrogen) atoms. The number of carbonyl (C=O) groups excluding carboxylic acids is 1. The molecule has 0 spiro atoms. The third kappa shape index (κ3) is 7.48. The minimum atomic E-state index is -3.88. The fourth-order valence-electron chi connectivity index (χ4n) is 5.39. The van der Waals surface area contributed by atoms with Crippen LogP contribution in [0.1, 0.15) is 42.4 Å². The number of likely N-dealkylation sites (N-methyl/N-ethyl adjacent to an activating group) is 1. The lowest BCUT2D eigenvalue weighted by Crippen LogP contribution is -2.55. The standard InChI is InChI=1S/C31H38ClN3O3S/c1-23-13-15-27(16-14-23)39(37,38)34-29(21-24-9-5-4-6-10-24)30(36)33-26-17-19-31(20-18-26,35(2)3)22-25-11-7-8-12-28(25)32/h4-16,26,29,34H,17-22H2,1-3H3,(H,33,36). The fraction of sp³-hybridized carbons (Fsp3) is 0.387. The zero-order chi connectivity index (χ0) is 28.0. The highest BCUT2D eigenvalue weighted by atomic mass is 35.5. The first-order chi connectivity index (χ1) is 18.6. The van der Waals surface area contributed by atoms with Crippen molar-refractivity contribution in [1.29, 1.82) is 0 Å². The largest absolute Gasteiger partial charge is 0.352 e. The van der Waals surface area contributed by atoms with Gasteiger partial charge in [0.1, 0.15) is 6.04 Å². The second-order valence-corrected chi connectivity index (χ2v) is 13.0. The number of halogens is 1. The van der Waals surface area contributed by atoms with Crippen molar-refractivity contribution in [2.75, 3.05) is 14.1 Å². The summed E-state index contributed by atoms with van der Waals surface area (Å²) in [6.45, 7) is 1.90. The van der Waals surface area contributed by atoms with E-state index >= 15 is 0 Å². The molecular weight excluding hydrogens is 530 g/mol. The number of carbonyl (C=O) groups is 1.